The molecule has 6 nitrogen and oxygen atoms in total. The molecule has 30 heavy (non-hydrogen) atoms. The second-order valence-electron chi connectivity index (χ2n) is 8.13. The van der Waals surface area contributed by atoms with Gasteiger partial charge < -0.3 is 21.5 Å². The Balaban J connectivity index is 1.96. The first kappa shape index (κ1) is 21.8. The molecule has 0 aliphatic heterocycles. The summed E-state index contributed by atoms with van der Waals surface area (Å²) in [6.45, 7) is 1.90. The molecule has 0 spiro atoms. The highest BCUT2D eigenvalue weighted by atomic mass is 19.1. The molecule has 0 heterocycles. The fourth-order valence-electron chi connectivity index (χ4n) is 4.82. The van der Waals surface area contributed by atoms with Crippen LogP contribution >= 0.6 is 0 Å². The van der Waals surface area contributed by atoms with Crippen molar-refractivity contribution in [2.24, 2.45) is 28.7 Å². The van der Waals surface area contributed by atoms with E-state index in [1.165, 1.54) is 17.0 Å². The van der Waals surface area contributed by atoms with E-state index in [1.54, 1.807) is 0 Å². The maximum absolute atomic E-state index is 14.1. The normalized spacial score (nSPS) is 25.5. The molecule has 0 aromatic heterocycles. The first-order chi connectivity index (χ1) is 14.2. The number of hydrogen-bond acceptors (Lipinski definition) is 5. The summed E-state index contributed by atoms with van der Waals surface area (Å²) in [4.78, 5) is 13.6. The number of aliphatic hydroxyl groups is 1. The molecule has 0 radical (unpaired) electrons. The molecule has 3 atom stereocenters. The lowest BCUT2D eigenvalue weighted by atomic mass is 9.47. The number of amides is 1. The fraction of sp³-hybridized carbons (Fsp3) is 0.455. The van der Waals surface area contributed by atoms with Gasteiger partial charge in [-0.15, -0.1) is 0 Å². The Morgan fingerprint density at radius 1 is 1.43 bits per heavy atom. The minimum Gasteiger partial charge on any atom is -0.401 e. The van der Waals surface area contributed by atoms with Crippen molar-refractivity contribution in [1.29, 1.82) is 5.26 Å². The Kier molecular flexibility index (Phi) is 6.13. The Morgan fingerprint density at radius 3 is 2.67 bits per heavy atom. The van der Waals surface area contributed by atoms with E-state index < -0.39 is 29.6 Å². The van der Waals surface area contributed by atoms with E-state index in [0.717, 1.165) is 18.6 Å². The maximum Gasteiger partial charge on any atom is 0.248 e. The monoisotopic (exact) mass is 416 g/mol. The summed E-state index contributed by atoms with van der Waals surface area (Å²) in [7, 11) is 0. The molecule has 1 amide bonds. The number of benzene rings is 1. The standard InChI is InChI=1S/C22H26F2N4O2/c1-13-15-8-14(9-18(26)20-16(23)4-2-5-17(20)24)21(27)22(13,10-15)12-28(7-3-6-25)19(30)11-29/h2,4-5,9,13,15,29H,3,7-8,10-12,26-27H2,1H3/b18-9-. The van der Waals surface area contributed by atoms with E-state index in [2.05, 4.69) is 6.92 Å². The number of nitriles is 1. The number of hydrogen-bond donors (Lipinski definition) is 3. The highest BCUT2D eigenvalue weighted by Gasteiger charge is 2.57. The average molecular weight is 416 g/mol. The van der Waals surface area contributed by atoms with Gasteiger partial charge in [-0.25, -0.2) is 8.78 Å². The van der Waals surface area contributed by atoms with Gasteiger partial charge in [-0.05, 0) is 48.5 Å². The third kappa shape index (κ3) is 3.65. The van der Waals surface area contributed by atoms with Crippen LogP contribution in [0, 0.1) is 40.2 Å². The number of allylic oxidation sites excluding steroid dienone is 2. The van der Waals surface area contributed by atoms with Gasteiger partial charge in [-0.2, -0.15) is 5.26 Å². The molecular formula is C22H26F2N4O2. The minimum atomic E-state index is -0.747. The number of rotatable bonds is 7. The Bertz CT molecular complexity index is 933. The smallest absolute Gasteiger partial charge is 0.248 e. The highest BCUT2D eigenvalue weighted by molar-refractivity contribution is 5.77. The highest BCUT2D eigenvalue weighted by Crippen LogP contribution is 2.61. The van der Waals surface area contributed by atoms with Gasteiger partial charge in [-0.1, -0.05) is 13.0 Å². The summed E-state index contributed by atoms with van der Waals surface area (Å²) < 4.78 is 28.2. The van der Waals surface area contributed by atoms with Crippen molar-refractivity contribution in [3.05, 3.63) is 52.7 Å². The van der Waals surface area contributed by atoms with Crippen LogP contribution in [-0.2, 0) is 4.79 Å². The van der Waals surface area contributed by atoms with Crippen molar-refractivity contribution >= 4 is 11.6 Å². The molecule has 1 aromatic rings. The molecule has 1 aromatic carbocycles. The first-order valence-corrected chi connectivity index (χ1v) is 9.91. The fourth-order valence-corrected chi connectivity index (χ4v) is 4.82. The number of aliphatic hydroxyl groups excluding tert-OH is 1. The quantitative estimate of drug-likeness (QED) is 0.630. The van der Waals surface area contributed by atoms with Gasteiger partial charge in [0, 0.05) is 29.9 Å². The Hall–Kier alpha value is -2.92. The third-order valence-electron chi connectivity index (χ3n) is 6.61. The van der Waals surface area contributed by atoms with Crippen LogP contribution in [0.2, 0.25) is 0 Å². The van der Waals surface area contributed by atoms with Crippen LogP contribution in [0.3, 0.4) is 0 Å². The number of nitrogens with two attached hydrogens (primary N) is 2. The van der Waals surface area contributed by atoms with Gasteiger partial charge in [0.15, 0.2) is 0 Å². The second kappa shape index (κ2) is 8.44. The third-order valence-corrected chi connectivity index (χ3v) is 6.61. The van der Waals surface area contributed by atoms with Crippen LogP contribution in [0.25, 0.3) is 5.70 Å². The topological polar surface area (TPSA) is 116 Å². The first-order valence-electron chi connectivity index (χ1n) is 9.91. The minimum absolute atomic E-state index is 0.0413. The number of fused-ring (bicyclic) bond motifs is 1. The molecule has 3 unspecified atom stereocenters. The van der Waals surface area contributed by atoms with Gasteiger partial charge in [-0.3, -0.25) is 4.79 Å². The molecule has 160 valence electrons. The lowest BCUT2D eigenvalue weighted by Crippen LogP contribution is -2.59. The predicted molar refractivity (Wildman–Crippen MR) is 108 cm³/mol. The van der Waals surface area contributed by atoms with Crippen molar-refractivity contribution < 1.29 is 18.7 Å². The van der Waals surface area contributed by atoms with Crippen molar-refractivity contribution in [2.45, 2.75) is 26.2 Å². The number of nitrogens with zero attached hydrogens (tertiary/aromatic N) is 2. The molecule has 1 fully saturated rings. The number of carbonyl (C=O) groups excluding carboxylic acids is 1. The number of carbonyl (C=O) groups is 1. The summed E-state index contributed by atoms with van der Waals surface area (Å²) in [5, 5.41) is 18.2. The number of halogens is 2. The van der Waals surface area contributed by atoms with Crippen LogP contribution in [0.15, 0.2) is 35.5 Å². The molecule has 4 rings (SSSR count). The van der Waals surface area contributed by atoms with E-state index in [1.807, 2.05) is 6.07 Å². The summed E-state index contributed by atoms with van der Waals surface area (Å²) in [6, 6.07) is 5.57. The van der Waals surface area contributed by atoms with E-state index >= 15 is 0 Å². The summed E-state index contributed by atoms with van der Waals surface area (Å²) >= 11 is 0. The zero-order chi connectivity index (χ0) is 22.1. The van der Waals surface area contributed by atoms with E-state index in [9.17, 15) is 18.7 Å². The molecule has 1 saturated carbocycles. The van der Waals surface area contributed by atoms with Gasteiger partial charge >= 0.3 is 0 Å². The Labute approximate surface area is 174 Å². The molecule has 8 heteroatoms. The SMILES string of the molecule is CC1C2CC(/C=C(\N)c3c(F)cccc3F)=C(N)C1(CN(CCC#N)C(=O)CO)C2. The molecule has 0 saturated heterocycles. The van der Waals surface area contributed by atoms with Crippen LogP contribution in [0.4, 0.5) is 8.78 Å². The van der Waals surface area contributed by atoms with Crippen molar-refractivity contribution in [1.82, 2.24) is 4.90 Å². The summed E-state index contributed by atoms with van der Waals surface area (Å²) in [5.74, 6) is -1.45. The maximum atomic E-state index is 14.1. The predicted octanol–water partition coefficient (Wildman–Crippen LogP) is 2.26. The van der Waals surface area contributed by atoms with E-state index in [4.69, 9.17) is 16.7 Å². The van der Waals surface area contributed by atoms with Crippen LogP contribution in [0.5, 0.6) is 0 Å². The van der Waals surface area contributed by atoms with Gasteiger partial charge in [0.05, 0.1) is 18.1 Å². The van der Waals surface area contributed by atoms with E-state index in [0.29, 0.717) is 23.6 Å². The summed E-state index contributed by atoms with van der Waals surface area (Å²) in [5.41, 5.74) is 13.0. The Morgan fingerprint density at radius 2 is 2.10 bits per heavy atom. The van der Waals surface area contributed by atoms with Gasteiger partial charge in [0.25, 0.3) is 0 Å². The molecule has 3 aliphatic carbocycles. The molecule has 2 bridgehead atoms. The summed E-state index contributed by atoms with van der Waals surface area (Å²) in [6.07, 6.45) is 3.08. The van der Waals surface area contributed by atoms with Crippen molar-refractivity contribution in [3.63, 3.8) is 0 Å². The largest absolute Gasteiger partial charge is 0.401 e. The van der Waals surface area contributed by atoms with Crippen LogP contribution in [-0.4, -0.2) is 35.6 Å². The van der Waals surface area contributed by atoms with Crippen LogP contribution in [0.1, 0.15) is 31.7 Å². The van der Waals surface area contributed by atoms with Crippen molar-refractivity contribution in [3.8, 4) is 6.07 Å². The van der Waals surface area contributed by atoms with Crippen molar-refractivity contribution in [2.75, 3.05) is 19.7 Å². The average Bonchev–Trinajstić information content (AvgIpc) is 2.72. The second-order valence-corrected chi connectivity index (χ2v) is 8.13. The molecule has 3 aliphatic rings. The van der Waals surface area contributed by atoms with Gasteiger partial charge in [0.2, 0.25) is 5.91 Å². The lowest BCUT2D eigenvalue weighted by Gasteiger charge is -2.60. The zero-order valence-electron chi connectivity index (χ0n) is 16.9. The molecular weight excluding hydrogens is 390 g/mol. The molecule has 5 N–H and O–H groups in total. The lowest BCUT2D eigenvalue weighted by molar-refractivity contribution is -0.139. The van der Waals surface area contributed by atoms with Crippen LogP contribution < -0.4 is 11.5 Å². The van der Waals surface area contributed by atoms with E-state index in [-0.39, 0.29) is 36.7 Å². The zero-order valence-corrected chi connectivity index (χ0v) is 16.9. The van der Waals surface area contributed by atoms with Gasteiger partial charge in [0.1, 0.15) is 18.2 Å².